The zero-order chi connectivity index (χ0) is 19.9. The second-order valence-corrected chi connectivity index (χ2v) is 8.30. The van der Waals surface area contributed by atoms with Crippen molar-refractivity contribution in [3.8, 4) is 0 Å². The van der Waals surface area contributed by atoms with Gasteiger partial charge in [0.05, 0.1) is 19.5 Å². The van der Waals surface area contributed by atoms with Crippen LogP contribution in [0, 0.1) is 0 Å². The fourth-order valence-electron chi connectivity index (χ4n) is 4.07. The molecule has 0 saturated carbocycles. The summed E-state index contributed by atoms with van der Waals surface area (Å²) in [6, 6.07) is 10.9. The van der Waals surface area contributed by atoms with Gasteiger partial charge in [-0.3, -0.25) is 0 Å². The van der Waals surface area contributed by atoms with Gasteiger partial charge in [-0.25, -0.2) is 9.13 Å². The third-order valence-electron chi connectivity index (χ3n) is 5.76. The van der Waals surface area contributed by atoms with Crippen LogP contribution < -0.4 is 4.57 Å². The first-order valence-corrected chi connectivity index (χ1v) is 12.0. The molecule has 1 heterocycles. The molecule has 0 aliphatic heterocycles. The summed E-state index contributed by atoms with van der Waals surface area (Å²) >= 11 is 0. The molecule has 1 aromatic heterocycles. The SMILES string of the molecule is CCCCCCCCCCCCC[n+]1ccn(CCC)c1Cc1ccccc1. The van der Waals surface area contributed by atoms with Gasteiger partial charge in [0.15, 0.2) is 0 Å². The molecule has 2 nitrogen and oxygen atoms in total. The van der Waals surface area contributed by atoms with E-state index in [1.807, 2.05) is 0 Å². The average Bonchev–Trinajstić information content (AvgIpc) is 3.08. The zero-order valence-electron chi connectivity index (χ0n) is 18.5. The van der Waals surface area contributed by atoms with E-state index in [-0.39, 0.29) is 0 Å². The number of aromatic nitrogens is 2. The molecular formula is C26H43N2+. The van der Waals surface area contributed by atoms with E-state index in [1.54, 1.807) is 0 Å². The first-order chi connectivity index (χ1) is 13.8. The summed E-state index contributed by atoms with van der Waals surface area (Å²) < 4.78 is 4.95. The minimum Gasteiger partial charge on any atom is -0.234 e. The van der Waals surface area contributed by atoms with Crippen LogP contribution in [0.4, 0.5) is 0 Å². The molecule has 2 rings (SSSR count). The lowest BCUT2D eigenvalue weighted by atomic mass is 10.1. The summed E-state index contributed by atoms with van der Waals surface area (Å²) in [7, 11) is 0. The number of rotatable bonds is 16. The third-order valence-corrected chi connectivity index (χ3v) is 5.76. The maximum Gasteiger partial charge on any atom is 0.260 e. The Morgan fingerprint density at radius 2 is 1.32 bits per heavy atom. The lowest BCUT2D eigenvalue weighted by molar-refractivity contribution is -0.703. The van der Waals surface area contributed by atoms with E-state index in [4.69, 9.17) is 0 Å². The molecule has 0 amide bonds. The van der Waals surface area contributed by atoms with Crippen molar-refractivity contribution in [1.29, 1.82) is 0 Å². The van der Waals surface area contributed by atoms with Crippen molar-refractivity contribution < 1.29 is 4.57 Å². The van der Waals surface area contributed by atoms with Crippen LogP contribution in [0.3, 0.4) is 0 Å². The van der Waals surface area contributed by atoms with E-state index >= 15 is 0 Å². The molecule has 0 fully saturated rings. The summed E-state index contributed by atoms with van der Waals surface area (Å²) in [6.07, 6.45) is 22.3. The first-order valence-electron chi connectivity index (χ1n) is 12.0. The minimum absolute atomic E-state index is 1.03. The van der Waals surface area contributed by atoms with Gasteiger partial charge in [-0.2, -0.15) is 0 Å². The van der Waals surface area contributed by atoms with Crippen LogP contribution in [0.2, 0.25) is 0 Å². The number of benzene rings is 1. The molecule has 0 spiro atoms. The van der Waals surface area contributed by atoms with E-state index in [0.717, 1.165) is 19.5 Å². The highest BCUT2D eigenvalue weighted by Gasteiger charge is 2.16. The van der Waals surface area contributed by atoms with Crippen LogP contribution in [0.25, 0.3) is 0 Å². The summed E-state index contributed by atoms with van der Waals surface area (Å²) in [5.41, 5.74) is 1.41. The summed E-state index contributed by atoms with van der Waals surface area (Å²) in [6.45, 7) is 6.84. The van der Waals surface area contributed by atoms with Gasteiger partial charge in [0.25, 0.3) is 5.82 Å². The van der Waals surface area contributed by atoms with Crippen molar-refractivity contribution in [1.82, 2.24) is 4.57 Å². The Morgan fingerprint density at radius 3 is 1.93 bits per heavy atom. The summed E-state index contributed by atoms with van der Waals surface area (Å²) in [5, 5.41) is 0. The Kier molecular flexibility index (Phi) is 11.7. The summed E-state index contributed by atoms with van der Waals surface area (Å²) in [5.74, 6) is 1.46. The van der Waals surface area contributed by atoms with Gasteiger partial charge >= 0.3 is 0 Å². The molecular weight excluding hydrogens is 340 g/mol. The normalized spacial score (nSPS) is 11.2. The number of nitrogens with zero attached hydrogens (tertiary/aromatic N) is 2. The van der Waals surface area contributed by atoms with Gasteiger partial charge in [0.2, 0.25) is 0 Å². The lowest BCUT2D eigenvalue weighted by Gasteiger charge is -2.06. The Balaban J connectivity index is 1.68. The van der Waals surface area contributed by atoms with Gasteiger partial charge in [0.1, 0.15) is 12.4 Å². The quantitative estimate of drug-likeness (QED) is 0.216. The molecule has 0 bridgehead atoms. The first kappa shape index (κ1) is 22.7. The Labute approximate surface area is 174 Å². The predicted molar refractivity (Wildman–Crippen MR) is 121 cm³/mol. The molecule has 156 valence electrons. The largest absolute Gasteiger partial charge is 0.260 e. The molecule has 28 heavy (non-hydrogen) atoms. The third kappa shape index (κ3) is 8.63. The molecule has 0 N–H and O–H groups in total. The van der Waals surface area contributed by atoms with Crippen LogP contribution >= 0.6 is 0 Å². The van der Waals surface area contributed by atoms with Gasteiger partial charge in [0, 0.05) is 0 Å². The van der Waals surface area contributed by atoms with Gasteiger partial charge in [-0.05, 0) is 24.8 Å². The summed E-state index contributed by atoms with van der Waals surface area (Å²) in [4.78, 5) is 0. The molecule has 2 aromatic rings. The van der Waals surface area contributed by atoms with Crippen LogP contribution in [0.15, 0.2) is 42.7 Å². The van der Waals surface area contributed by atoms with E-state index < -0.39 is 0 Å². The topological polar surface area (TPSA) is 8.81 Å². The van der Waals surface area contributed by atoms with Crippen molar-refractivity contribution >= 4 is 0 Å². The molecule has 0 atom stereocenters. The highest BCUT2D eigenvalue weighted by molar-refractivity contribution is 5.18. The molecule has 1 aromatic carbocycles. The van der Waals surface area contributed by atoms with E-state index in [2.05, 4.69) is 65.7 Å². The Morgan fingerprint density at radius 1 is 0.714 bits per heavy atom. The smallest absolute Gasteiger partial charge is 0.234 e. The molecule has 0 aliphatic carbocycles. The van der Waals surface area contributed by atoms with E-state index in [1.165, 1.54) is 88.4 Å². The van der Waals surface area contributed by atoms with Gasteiger partial charge < -0.3 is 0 Å². The fourth-order valence-corrected chi connectivity index (χ4v) is 4.07. The van der Waals surface area contributed by atoms with E-state index in [9.17, 15) is 0 Å². The van der Waals surface area contributed by atoms with E-state index in [0.29, 0.717) is 0 Å². The predicted octanol–water partition coefficient (Wildman–Crippen LogP) is 7.09. The molecule has 0 unspecified atom stereocenters. The highest BCUT2D eigenvalue weighted by atomic mass is 15.1. The number of hydrogen-bond donors (Lipinski definition) is 0. The van der Waals surface area contributed by atoms with Gasteiger partial charge in [-0.1, -0.05) is 102 Å². The van der Waals surface area contributed by atoms with Crippen molar-refractivity contribution in [2.24, 2.45) is 0 Å². The molecule has 0 saturated heterocycles. The van der Waals surface area contributed by atoms with Crippen LogP contribution in [-0.4, -0.2) is 4.57 Å². The maximum absolute atomic E-state index is 2.50. The molecule has 0 aliphatic rings. The highest BCUT2D eigenvalue weighted by Crippen LogP contribution is 2.12. The maximum atomic E-state index is 2.50. The standard InChI is InChI=1S/C26H43N2/c1-3-5-6-7-8-9-10-11-12-13-17-21-28-23-22-27(20-4-2)26(28)24-25-18-15-14-16-19-25/h14-16,18-19,22-23H,3-13,17,20-21,24H2,1-2H3/q+1. The molecule has 0 radical (unpaired) electrons. The molecule has 2 heteroatoms. The second-order valence-electron chi connectivity index (χ2n) is 8.30. The van der Waals surface area contributed by atoms with Gasteiger partial charge in [-0.15, -0.1) is 0 Å². The zero-order valence-corrected chi connectivity index (χ0v) is 18.5. The number of unbranched alkanes of at least 4 members (excludes halogenated alkanes) is 10. The van der Waals surface area contributed by atoms with Crippen molar-refractivity contribution in [2.75, 3.05) is 0 Å². The van der Waals surface area contributed by atoms with Crippen molar-refractivity contribution in [3.63, 3.8) is 0 Å². The monoisotopic (exact) mass is 383 g/mol. The number of aryl methyl sites for hydroxylation is 2. The fraction of sp³-hybridized carbons (Fsp3) is 0.654. The van der Waals surface area contributed by atoms with Crippen LogP contribution in [-0.2, 0) is 19.5 Å². The second kappa shape index (κ2) is 14.4. The van der Waals surface area contributed by atoms with Crippen molar-refractivity contribution in [3.05, 3.63) is 54.1 Å². The average molecular weight is 384 g/mol. The van der Waals surface area contributed by atoms with Crippen molar-refractivity contribution in [2.45, 2.75) is 110 Å². The Bertz CT molecular complexity index is 615. The number of imidazole rings is 1. The number of hydrogen-bond acceptors (Lipinski definition) is 0. The minimum atomic E-state index is 1.03. The Hall–Kier alpha value is -1.57. The lowest BCUT2D eigenvalue weighted by Crippen LogP contribution is -2.37. The van der Waals surface area contributed by atoms with Crippen LogP contribution in [0.1, 0.15) is 102 Å². The van der Waals surface area contributed by atoms with Crippen LogP contribution in [0.5, 0.6) is 0 Å².